The number of hydrogen-bond donors (Lipinski definition) is 5. The monoisotopic (exact) mass is 1200 g/mol. The second kappa shape index (κ2) is 25.6. The molecule has 0 aliphatic heterocycles. The van der Waals surface area contributed by atoms with Crippen molar-refractivity contribution in [3.63, 3.8) is 0 Å². The zero-order chi connectivity index (χ0) is 58.6. The van der Waals surface area contributed by atoms with Gasteiger partial charge < -0.3 is 40.5 Å². The van der Waals surface area contributed by atoms with Gasteiger partial charge in [-0.1, -0.05) is 13.3 Å². The van der Waals surface area contributed by atoms with Crippen molar-refractivity contribution in [2.24, 2.45) is 21.1 Å². The third-order valence-electron chi connectivity index (χ3n) is 15.6. The van der Waals surface area contributed by atoms with E-state index in [2.05, 4.69) is 57.8 Å². The molecule has 0 amide bonds. The Hall–Kier alpha value is -7.73. The van der Waals surface area contributed by atoms with E-state index in [0.29, 0.717) is 29.2 Å². The standard InChI is InChI=1S/C19H22N4OS.C16H16N4OS.C15H14N4O2S.C6H8N2S.C5H8O/c1-3-4-7-16(24)12-9-10-15-14(11-12)20-18(23(15)2)22-19-21-13-6-5-8-17(13)25-19;1-9(21)10-6-7-13-12(8-10)17-15(20(13)2)19-16-18-11-4-3-5-14(11)22-16;1-19-11-6-5-8(13(20)21)7-10(11)16-14(19)18-15-17-9-3-2-4-12(9)22-15;7-6-8-4-2-1-3-5(4)9-6;6-5-3-1-2-4-5/h9-11H,3-8H2,1-2H3,(H,20,21,22);6-8H,3-5H2,1-2H3,(H,17,18,19);5-7H,2-4H2,1H3,(H,20,21)(H,16,17,18);1-3H2,(H2,7,8);1-4H2. The average Bonchev–Trinajstić information content (AvgIpc) is 4.16. The highest BCUT2D eigenvalue weighted by Crippen LogP contribution is 2.36. The Morgan fingerprint density at radius 1 is 0.512 bits per heavy atom. The first-order valence-corrected chi connectivity index (χ1v) is 32.1. The summed E-state index contributed by atoms with van der Waals surface area (Å²) < 4.78 is 5.92. The van der Waals surface area contributed by atoms with Gasteiger partial charge >= 0.3 is 5.97 Å². The Balaban J connectivity index is 0.000000117. The number of carbonyl (C=O) groups excluding carboxylic acids is 3. The van der Waals surface area contributed by atoms with E-state index in [1.54, 1.807) is 70.5 Å². The fourth-order valence-corrected chi connectivity index (χ4v) is 15.0. The molecule has 1 fully saturated rings. The van der Waals surface area contributed by atoms with Crippen molar-refractivity contribution in [2.45, 2.75) is 136 Å². The number of thiazole rings is 4. The number of rotatable bonds is 12. The quantitative estimate of drug-likeness (QED) is 0.0713. The number of imidazole rings is 3. The molecule has 6 N–H and O–H groups in total. The van der Waals surface area contributed by atoms with Crippen LogP contribution in [0, 0.1) is 0 Å². The second-order valence-corrected chi connectivity index (χ2v) is 26.0. The normalized spacial score (nSPS) is 14.4. The smallest absolute Gasteiger partial charge is 0.335 e. The summed E-state index contributed by atoms with van der Waals surface area (Å²) in [5.41, 5.74) is 17.3. The summed E-state index contributed by atoms with van der Waals surface area (Å²) in [6, 6.07) is 16.4. The minimum atomic E-state index is -0.946. The molecule has 3 aromatic carbocycles. The number of benzene rings is 3. The summed E-state index contributed by atoms with van der Waals surface area (Å²) >= 11 is 6.75. The van der Waals surface area contributed by atoms with Gasteiger partial charge in [-0.25, -0.2) is 39.7 Å². The molecule has 84 heavy (non-hydrogen) atoms. The summed E-state index contributed by atoms with van der Waals surface area (Å²) in [5, 5.41) is 22.4. The predicted octanol–water partition coefficient (Wildman–Crippen LogP) is 13.4. The van der Waals surface area contributed by atoms with Crippen LogP contribution in [-0.4, -0.2) is 77.0 Å². The van der Waals surface area contributed by atoms with E-state index in [-0.39, 0.29) is 17.1 Å². The van der Waals surface area contributed by atoms with Crippen molar-refractivity contribution in [3.05, 3.63) is 114 Å². The molecule has 7 heterocycles. The minimum Gasteiger partial charge on any atom is -0.478 e. The molecule has 436 valence electrons. The zero-order valence-corrected chi connectivity index (χ0v) is 51.2. The van der Waals surface area contributed by atoms with Gasteiger partial charge in [0.1, 0.15) is 5.78 Å². The highest BCUT2D eigenvalue weighted by atomic mass is 32.1. The van der Waals surface area contributed by atoms with E-state index in [1.807, 2.05) is 71.2 Å². The van der Waals surface area contributed by atoms with Gasteiger partial charge in [0.05, 0.1) is 61.4 Å². The van der Waals surface area contributed by atoms with Gasteiger partial charge in [-0.05, 0) is 158 Å². The number of aromatic carboxylic acids is 1. The lowest BCUT2D eigenvalue weighted by atomic mass is 10.1. The van der Waals surface area contributed by atoms with Crippen LogP contribution >= 0.6 is 45.3 Å². The van der Waals surface area contributed by atoms with Crippen molar-refractivity contribution in [1.29, 1.82) is 0 Å². The number of nitrogens with one attached hydrogen (secondary N) is 3. The Bertz CT molecular complexity index is 3860. The van der Waals surface area contributed by atoms with E-state index >= 15 is 0 Å². The molecule has 0 atom stereocenters. The third-order valence-corrected chi connectivity index (χ3v) is 19.8. The van der Waals surface area contributed by atoms with Gasteiger partial charge in [0.15, 0.2) is 32.1 Å². The maximum absolute atomic E-state index is 12.3. The number of nitrogens with two attached hydrogens (primary N) is 1. The molecular weight excluding hydrogens is 1140 g/mol. The highest BCUT2D eigenvalue weighted by Gasteiger charge is 2.22. The summed E-state index contributed by atoms with van der Waals surface area (Å²) in [4.78, 5) is 82.5. The maximum Gasteiger partial charge on any atom is 0.335 e. The number of carboxylic acids is 1. The molecule has 0 bridgehead atoms. The van der Waals surface area contributed by atoms with Crippen molar-refractivity contribution in [3.8, 4) is 0 Å². The number of nitrogen functional groups attached to an aromatic ring is 1. The zero-order valence-electron chi connectivity index (χ0n) is 47.9. The lowest BCUT2D eigenvalue weighted by Crippen LogP contribution is -1.99. The fraction of sp³-hybridized carbons (Fsp3) is 0.393. The molecule has 1 saturated carbocycles. The largest absolute Gasteiger partial charge is 0.478 e. The van der Waals surface area contributed by atoms with Crippen molar-refractivity contribution in [2.75, 3.05) is 21.7 Å². The van der Waals surface area contributed by atoms with Gasteiger partial charge in [-0.3, -0.25) is 14.4 Å². The first-order valence-electron chi connectivity index (χ1n) is 28.8. The van der Waals surface area contributed by atoms with Crippen molar-refractivity contribution < 1.29 is 24.3 Å². The summed E-state index contributed by atoms with van der Waals surface area (Å²) in [5.74, 6) is 1.95. The van der Waals surface area contributed by atoms with Crippen LogP contribution in [0.15, 0.2) is 54.6 Å². The number of Topliss-reactive ketones (excluding diaryl/α,β-unsaturated/α-hetero) is 3. The second-order valence-electron chi connectivity index (χ2n) is 21.6. The van der Waals surface area contributed by atoms with Gasteiger partial charge in [0, 0.05) is 71.0 Å². The Kier molecular flexibility index (Phi) is 17.7. The topological polar surface area (TPSA) is 256 Å². The number of aryl methyl sites for hydroxylation is 11. The van der Waals surface area contributed by atoms with Gasteiger partial charge in [-0.15, -0.1) is 45.3 Å². The molecule has 5 aliphatic carbocycles. The molecule has 0 radical (unpaired) electrons. The molecule has 7 aromatic heterocycles. The molecule has 5 aliphatic rings. The van der Waals surface area contributed by atoms with Crippen LogP contribution in [0.25, 0.3) is 33.1 Å². The molecule has 0 unspecified atom stereocenters. The lowest BCUT2D eigenvalue weighted by molar-refractivity contribution is -0.117. The Morgan fingerprint density at radius 3 is 1.26 bits per heavy atom. The van der Waals surface area contributed by atoms with Gasteiger partial charge in [0.25, 0.3) is 0 Å². The number of aromatic nitrogens is 10. The predicted molar refractivity (Wildman–Crippen MR) is 337 cm³/mol. The average molecular weight is 1210 g/mol. The molecule has 0 saturated heterocycles. The Labute approximate surface area is 502 Å². The number of hydrogen-bond acceptors (Lipinski definition) is 19. The van der Waals surface area contributed by atoms with Crippen LogP contribution < -0.4 is 21.7 Å². The maximum atomic E-state index is 12.3. The van der Waals surface area contributed by atoms with Crippen LogP contribution in [0.5, 0.6) is 0 Å². The minimum absolute atomic E-state index is 0.0541. The molecular formula is C61H68N14O5S4. The summed E-state index contributed by atoms with van der Waals surface area (Å²) in [6.45, 7) is 3.67. The molecule has 15 rings (SSSR count). The lowest BCUT2D eigenvalue weighted by Gasteiger charge is -2.03. The van der Waals surface area contributed by atoms with E-state index in [9.17, 15) is 19.2 Å². The molecule has 10 aromatic rings. The van der Waals surface area contributed by atoms with Crippen molar-refractivity contribution >= 4 is 140 Å². The van der Waals surface area contributed by atoms with Gasteiger partial charge in [-0.2, -0.15) is 0 Å². The van der Waals surface area contributed by atoms with E-state index in [0.717, 1.165) is 149 Å². The van der Waals surface area contributed by atoms with Crippen LogP contribution in [0.2, 0.25) is 0 Å². The summed E-state index contributed by atoms with van der Waals surface area (Å²) in [7, 11) is 5.85. The van der Waals surface area contributed by atoms with Gasteiger partial charge in [0.2, 0.25) is 17.8 Å². The third kappa shape index (κ3) is 13.1. The van der Waals surface area contributed by atoms with Crippen LogP contribution in [0.3, 0.4) is 0 Å². The van der Waals surface area contributed by atoms with E-state index in [4.69, 9.17) is 10.8 Å². The summed E-state index contributed by atoms with van der Waals surface area (Å²) in [6.07, 6.45) is 20.4. The molecule has 19 nitrogen and oxygen atoms in total. The number of anilines is 7. The number of carbonyl (C=O) groups is 4. The van der Waals surface area contributed by atoms with E-state index in [1.165, 1.54) is 74.4 Å². The number of ketones is 3. The fourth-order valence-electron chi connectivity index (χ4n) is 10.9. The SMILES string of the molecule is CC(=O)c1ccc2c(c1)nc(Nc1nc3c(s1)CCC3)n2C.CCCCC(=O)c1ccc2c(c1)nc(Nc1nc3c(s1)CCC3)n2C.Cn1c(Nc2nc3c(s2)CCC3)nc2cc(C(=O)O)ccc21.Nc1nc2c(s1)CCC2.O=C1CCCC1. The van der Waals surface area contributed by atoms with E-state index < -0.39 is 5.97 Å². The number of nitrogens with zero attached hydrogens (tertiary/aromatic N) is 10. The van der Waals surface area contributed by atoms with Crippen molar-refractivity contribution in [1.82, 2.24) is 48.6 Å². The van der Waals surface area contributed by atoms with Crippen LogP contribution in [0.1, 0.15) is 158 Å². The molecule has 23 heteroatoms. The number of carboxylic acid groups (broad SMARTS) is 1. The highest BCUT2D eigenvalue weighted by molar-refractivity contribution is 7.16. The molecule has 0 spiro atoms. The van der Waals surface area contributed by atoms with Crippen LogP contribution in [0.4, 0.5) is 38.4 Å². The van der Waals surface area contributed by atoms with Crippen LogP contribution in [-0.2, 0) is 77.3 Å². The Morgan fingerprint density at radius 2 is 0.893 bits per heavy atom. The first-order chi connectivity index (χ1) is 40.6. The number of fused-ring (bicyclic) bond motifs is 7. The first kappa shape index (κ1) is 58.1. The number of unbranched alkanes of at least 4 members (excludes halogenated alkanes) is 1.